The van der Waals surface area contributed by atoms with Crippen molar-refractivity contribution in [2.24, 2.45) is 5.92 Å². The average molecular weight is 519 g/mol. The molecule has 2 atom stereocenters. The van der Waals surface area contributed by atoms with Crippen molar-refractivity contribution in [2.45, 2.75) is 56.2 Å². The SMILES string of the molecule is Cc1nc(N[C@H](C)c2cccc(C(F)(F)[C@](C)(O)C#CC3CC3)c2F)c2cc(S(C)(=O)=O)ncc2n1. The lowest BCUT2D eigenvalue weighted by atomic mass is 9.89. The average Bonchev–Trinajstić information content (AvgIpc) is 3.61. The van der Waals surface area contributed by atoms with Gasteiger partial charge in [-0.2, -0.15) is 8.78 Å². The Morgan fingerprint density at radius 3 is 2.58 bits per heavy atom. The number of benzene rings is 1. The lowest BCUT2D eigenvalue weighted by Gasteiger charge is -2.29. The molecule has 190 valence electrons. The fourth-order valence-electron chi connectivity index (χ4n) is 3.66. The van der Waals surface area contributed by atoms with Gasteiger partial charge in [0.25, 0.3) is 0 Å². The van der Waals surface area contributed by atoms with Gasteiger partial charge >= 0.3 is 5.92 Å². The normalized spacial score (nSPS) is 16.7. The molecular formula is C25H25F3N4O3S. The predicted octanol–water partition coefficient (Wildman–Crippen LogP) is 4.31. The highest BCUT2D eigenvalue weighted by atomic mass is 32.2. The maximum Gasteiger partial charge on any atom is 0.314 e. The van der Waals surface area contributed by atoms with Crippen LogP contribution in [0.4, 0.5) is 19.0 Å². The van der Waals surface area contributed by atoms with Crippen molar-refractivity contribution in [3.8, 4) is 11.8 Å². The Bertz CT molecular complexity index is 1510. The van der Waals surface area contributed by atoms with E-state index in [1.165, 1.54) is 24.4 Å². The molecule has 4 rings (SSSR count). The van der Waals surface area contributed by atoms with Gasteiger partial charge in [0.2, 0.25) is 0 Å². The van der Waals surface area contributed by atoms with Crippen molar-refractivity contribution in [2.75, 3.05) is 11.6 Å². The van der Waals surface area contributed by atoms with Crippen LogP contribution in [-0.4, -0.2) is 40.3 Å². The molecule has 0 spiro atoms. The second kappa shape index (κ2) is 9.01. The highest BCUT2D eigenvalue weighted by molar-refractivity contribution is 7.90. The molecule has 0 amide bonds. The first-order valence-electron chi connectivity index (χ1n) is 11.2. The van der Waals surface area contributed by atoms with Gasteiger partial charge in [0.05, 0.1) is 23.3 Å². The first-order chi connectivity index (χ1) is 16.7. The Labute approximate surface area is 207 Å². The molecule has 0 saturated heterocycles. The van der Waals surface area contributed by atoms with Crippen LogP contribution in [-0.2, 0) is 15.8 Å². The van der Waals surface area contributed by atoms with E-state index in [0.29, 0.717) is 16.7 Å². The molecule has 1 aliphatic rings. The van der Waals surface area contributed by atoms with E-state index in [2.05, 4.69) is 32.1 Å². The fraction of sp³-hybridized carbons (Fsp3) is 0.400. The molecule has 2 N–H and O–H groups in total. The number of pyridine rings is 1. The number of nitrogens with zero attached hydrogens (tertiary/aromatic N) is 3. The number of hydrogen-bond acceptors (Lipinski definition) is 7. The Kier molecular flexibility index (Phi) is 6.47. The maximum absolute atomic E-state index is 15.5. The number of fused-ring (bicyclic) bond motifs is 1. The molecule has 7 nitrogen and oxygen atoms in total. The molecule has 1 aromatic carbocycles. The molecule has 0 aliphatic heterocycles. The third kappa shape index (κ3) is 5.01. The van der Waals surface area contributed by atoms with Crippen LogP contribution >= 0.6 is 0 Å². The van der Waals surface area contributed by atoms with Gasteiger partial charge < -0.3 is 10.4 Å². The van der Waals surface area contributed by atoms with Crippen LogP contribution in [0.5, 0.6) is 0 Å². The van der Waals surface area contributed by atoms with Gasteiger partial charge in [-0.25, -0.2) is 27.8 Å². The number of halogens is 3. The second-order valence-corrected chi connectivity index (χ2v) is 11.2. The Balaban J connectivity index is 1.72. The topological polar surface area (TPSA) is 105 Å². The third-order valence-electron chi connectivity index (χ3n) is 5.94. The van der Waals surface area contributed by atoms with Crippen molar-refractivity contribution in [3.05, 3.63) is 53.2 Å². The molecule has 0 radical (unpaired) electrons. The van der Waals surface area contributed by atoms with Gasteiger partial charge in [-0.05, 0) is 45.7 Å². The van der Waals surface area contributed by atoms with E-state index in [-0.39, 0.29) is 22.3 Å². The maximum atomic E-state index is 15.5. The third-order valence-corrected chi connectivity index (χ3v) is 6.93. The van der Waals surface area contributed by atoms with Crippen molar-refractivity contribution >= 4 is 26.6 Å². The van der Waals surface area contributed by atoms with Gasteiger partial charge in [-0.1, -0.05) is 24.0 Å². The zero-order valence-electron chi connectivity index (χ0n) is 20.1. The summed E-state index contributed by atoms with van der Waals surface area (Å²) >= 11 is 0. The minimum Gasteiger partial charge on any atom is -0.372 e. The summed E-state index contributed by atoms with van der Waals surface area (Å²) in [6.07, 6.45) is 3.89. The van der Waals surface area contributed by atoms with Gasteiger partial charge in [-0.15, -0.1) is 0 Å². The number of nitrogens with one attached hydrogen (secondary N) is 1. The molecule has 2 heterocycles. The summed E-state index contributed by atoms with van der Waals surface area (Å²) in [5.74, 6) is 0.189. The molecular weight excluding hydrogens is 493 g/mol. The summed E-state index contributed by atoms with van der Waals surface area (Å²) in [6, 6.07) is 3.98. The smallest absolute Gasteiger partial charge is 0.314 e. The minimum absolute atomic E-state index is 0.0165. The quantitative estimate of drug-likeness (QED) is 0.469. The van der Waals surface area contributed by atoms with E-state index < -0.39 is 38.8 Å². The molecule has 0 unspecified atom stereocenters. The molecule has 1 saturated carbocycles. The molecule has 1 aliphatic carbocycles. The van der Waals surface area contributed by atoms with E-state index in [1.54, 1.807) is 13.8 Å². The van der Waals surface area contributed by atoms with Gasteiger partial charge in [0.15, 0.2) is 20.5 Å². The number of alkyl halides is 2. The van der Waals surface area contributed by atoms with Gasteiger partial charge in [0, 0.05) is 23.1 Å². The van der Waals surface area contributed by atoms with Crippen molar-refractivity contribution in [1.29, 1.82) is 0 Å². The summed E-state index contributed by atoms with van der Waals surface area (Å²) in [5.41, 5.74) is -3.48. The van der Waals surface area contributed by atoms with Gasteiger partial charge in [-0.3, -0.25) is 0 Å². The summed E-state index contributed by atoms with van der Waals surface area (Å²) in [4.78, 5) is 12.5. The molecule has 3 aromatic rings. The number of aliphatic hydroxyl groups is 1. The summed E-state index contributed by atoms with van der Waals surface area (Å²) < 4.78 is 69.9. The van der Waals surface area contributed by atoms with Crippen LogP contribution < -0.4 is 5.32 Å². The first kappa shape index (κ1) is 25.9. The lowest BCUT2D eigenvalue weighted by molar-refractivity contribution is -0.148. The van der Waals surface area contributed by atoms with Crippen LogP contribution in [0, 0.1) is 30.5 Å². The molecule has 2 aromatic heterocycles. The number of sulfone groups is 1. The van der Waals surface area contributed by atoms with Crippen LogP contribution in [0.25, 0.3) is 10.9 Å². The molecule has 11 heteroatoms. The van der Waals surface area contributed by atoms with Gasteiger partial charge in [0.1, 0.15) is 17.5 Å². The van der Waals surface area contributed by atoms with Crippen LogP contribution in [0.1, 0.15) is 49.7 Å². The first-order valence-corrected chi connectivity index (χ1v) is 13.1. The highest BCUT2D eigenvalue weighted by Crippen LogP contribution is 2.42. The molecule has 0 bridgehead atoms. The Hall–Kier alpha value is -3.23. The molecule has 36 heavy (non-hydrogen) atoms. The molecule has 1 fully saturated rings. The van der Waals surface area contributed by atoms with Crippen LogP contribution in [0.15, 0.2) is 35.5 Å². The zero-order chi connectivity index (χ0) is 26.5. The Morgan fingerprint density at radius 2 is 1.94 bits per heavy atom. The number of rotatable bonds is 6. The Morgan fingerprint density at radius 1 is 1.25 bits per heavy atom. The van der Waals surface area contributed by atoms with Crippen LogP contribution in [0.2, 0.25) is 0 Å². The van der Waals surface area contributed by atoms with Crippen LogP contribution in [0.3, 0.4) is 0 Å². The van der Waals surface area contributed by atoms with Crippen molar-refractivity contribution in [1.82, 2.24) is 15.0 Å². The summed E-state index contributed by atoms with van der Waals surface area (Å²) in [5, 5.41) is 13.5. The van der Waals surface area contributed by atoms with E-state index in [9.17, 15) is 13.5 Å². The number of aryl methyl sites for hydroxylation is 1. The standard InChI is InChI=1S/C25H25F3N4O3S/c1-14(30-23-18-12-21(36(4,34)35)29-13-20(18)31-15(2)32-23)17-6-5-7-19(22(17)26)25(27,28)24(3,33)11-10-16-8-9-16/h5-7,12-14,16,33H,8-9H2,1-4H3,(H,30,31,32)/t14-,24-/m1/s1. The lowest BCUT2D eigenvalue weighted by Crippen LogP contribution is -2.42. The van der Waals surface area contributed by atoms with E-state index >= 15 is 13.2 Å². The predicted molar refractivity (Wildman–Crippen MR) is 129 cm³/mol. The van der Waals surface area contributed by atoms with E-state index in [0.717, 1.165) is 32.1 Å². The fourth-order valence-corrected chi connectivity index (χ4v) is 4.24. The number of anilines is 1. The van der Waals surface area contributed by atoms with E-state index in [4.69, 9.17) is 0 Å². The number of aromatic nitrogens is 3. The second-order valence-electron chi connectivity index (χ2n) is 9.20. The minimum atomic E-state index is -3.98. The summed E-state index contributed by atoms with van der Waals surface area (Å²) in [6.45, 7) is 4.04. The van der Waals surface area contributed by atoms with Crippen molar-refractivity contribution in [3.63, 3.8) is 0 Å². The zero-order valence-corrected chi connectivity index (χ0v) is 20.9. The van der Waals surface area contributed by atoms with E-state index in [1.807, 2.05) is 0 Å². The number of hydrogen-bond donors (Lipinski definition) is 2. The largest absolute Gasteiger partial charge is 0.372 e. The highest BCUT2D eigenvalue weighted by Gasteiger charge is 2.52. The van der Waals surface area contributed by atoms with Crippen molar-refractivity contribution < 1.29 is 26.7 Å². The monoisotopic (exact) mass is 518 g/mol. The summed E-state index contributed by atoms with van der Waals surface area (Å²) in [7, 11) is -3.62.